The first-order chi connectivity index (χ1) is 13.5. The number of ether oxygens (including phenoxy) is 3. The highest BCUT2D eigenvalue weighted by molar-refractivity contribution is 5.96. The topological polar surface area (TPSA) is 127 Å². The second-order valence-electron chi connectivity index (χ2n) is 5.73. The molecule has 9 nitrogen and oxygen atoms in total. The minimum Gasteiger partial charge on any atom is -0.506 e. The molecule has 0 bridgehead atoms. The standard InChI is InChI=1S/C19H17N3O6/c1-25-11-4-5-13(10(6-11)9-21-22-20)16-18(23)17-14(27-3)7-12(26-2)8-15(17)28-19(16)24/h4-8,23H,9H2,1-3H3. The average Bonchev–Trinajstić information content (AvgIpc) is 2.71. The molecule has 0 atom stereocenters. The fourth-order valence-corrected chi connectivity index (χ4v) is 2.95. The summed E-state index contributed by atoms with van der Waals surface area (Å²) < 4.78 is 21.1. The molecule has 0 aliphatic carbocycles. The number of benzene rings is 2. The molecule has 3 aromatic rings. The molecule has 1 N–H and O–H groups in total. The van der Waals surface area contributed by atoms with Crippen molar-refractivity contribution in [2.75, 3.05) is 21.3 Å². The Morgan fingerprint density at radius 1 is 1.11 bits per heavy atom. The number of hydrogen-bond donors (Lipinski definition) is 1. The van der Waals surface area contributed by atoms with Crippen molar-refractivity contribution in [3.8, 4) is 34.1 Å². The molecule has 0 aliphatic heterocycles. The Morgan fingerprint density at radius 3 is 2.50 bits per heavy atom. The van der Waals surface area contributed by atoms with Gasteiger partial charge < -0.3 is 23.7 Å². The Labute approximate surface area is 159 Å². The molecule has 0 saturated carbocycles. The van der Waals surface area contributed by atoms with Gasteiger partial charge in [-0.15, -0.1) is 0 Å². The summed E-state index contributed by atoms with van der Waals surface area (Å²) in [6, 6.07) is 7.90. The van der Waals surface area contributed by atoms with Crippen molar-refractivity contribution in [2.45, 2.75) is 6.54 Å². The predicted molar refractivity (Wildman–Crippen MR) is 102 cm³/mol. The summed E-state index contributed by atoms with van der Waals surface area (Å²) in [4.78, 5) is 15.4. The highest BCUT2D eigenvalue weighted by Gasteiger charge is 2.22. The van der Waals surface area contributed by atoms with E-state index in [1.54, 1.807) is 24.3 Å². The second kappa shape index (κ2) is 7.81. The molecule has 0 unspecified atom stereocenters. The van der Waals surface area contributed by atoms with Gasteiger partial charge in [0, 0.05) is 17.0 Å². The molecule has 0 saturated heterocycles. The lowest BCUT2D eigenvalue weighted by Gasteiger charge is -2.14. The molecule has 1 heterocycles. The summed E-state index contributed by atoms with van der Waals surface area (Å²) >= 11 is 0. The van der Waals surface area contributed by atoms with Crippen LogP contribution in [-0.2, 0) is 6.54 Å². The molecular weight excluding hydrogens is 366 g/mol. The highest BCUT2D eigenvalue weighted by atomic mass is 16.5. The van der Waals surface area contributed by atoms with Crippen LogP contribution in [0.25, 0.3) is 32.5 Å². The summed E-state index contributed by atoms with van der Waals surface area (Å²) in [6.07, 6.45) is 0. The number of methoxy groups -OCH3 is 3. The van der Waals surface area contributed by atoms with E-state index in [0.717, 1.165) is 0 Å². The average molecular weight is 383 g/mol. The van der Waals surface area contributed by atoms with Crippen LogP contribution in [0.1, 0.15) is 5.56 Å². The van der Waals surface area contributed by atoms with Crippen molar-refractivity contribution in [1.29, 1.82) is 0 Å². The molecular formula is C19H17N3O6. The zero-order valence-electron chi connectivity index (χ0n) is 15.4. The summed E-state index contributed by atoms with van der Waals surface area (Å²) in [7, 11) is 4.39. The van der Waals surface area contributed by atoms with Crippen LogP contribution >= 0.6 is 0 Å². The van der Waals surface area contributed by atoms with Crippen LogP contribution < -0.4 is 19.8 Å². The molecule has 144 valence electrons. The lowest BCUT2D eigenvalue weighted by atomic mass is 9.98. The maximum Gasteiger partial charge on any atom is 0.348 e. The van der Waals surface area contributed by atoms with E-state index in [9.17, 15) is 9.90 Å². The van der Waals surface area contributed by atoms with Crippen LogP contribution in [0.3, 0.4) is 0 Å². The summed E-state index contributed by atoms with van der Waals surface area (Å²) in [6.45, 7) is -0.0420. The highest BCUT2D eigenvalue weighted by Crippen LogP contribution is 2.42. The van der Waals surface area contributed by atoms with Crippen molar-refractivity contribution >= 4 is 11.0 Å². The van der Waals surface area contributed by atoms with Gasteiger partial charge in [0.1, 0.15) is 39.5 Å². The maximum absolute atomic E-state index is 12.7. The summed E-state index contributed by atoms with van der Waals surface area (Å²) in [5.41, 5.74) is 8.80. The van der Waals surface area contributed by atoms with Crippen molar-refractivity contribution in [3.63, 3.8) is 0 Å². The SMILES string of the molecule is COc1ccc(-c2c(O)c3c(OC)cc(OC)cc3oc2=O)c(CN=[N+]=[N-])c1. The van der Waals surface area contributed by atoms with Gasteiger partial charge in [0.25, 0.3) is 0 Å². The van der Waals surface area contributed by atoms with Crippen LogP contribution in [0, 0.1) is 0 Å². The maximum atomic E-state index is 12.7. The first-order valence-electron chi connectivity index (χ1n) is 8.14. The molecule has 0 aliphatic rings. The molecule has 3 rings (SSSR count). The molecule has 0 amide bonds. The zero-order valence-corrected chi connectivity index (χ0v) is 15.4. The van der Waals surface area contributed by atoms with Gasteiger partial charge in [0.2, 0.25) is 0 Å². The zero-order chi connectivity index (χ0) is 20.3. The predicted octanol–water partition coefficient (Wildman–Crippen LogP) is 4.00. The Bertz CT molecular complexity index is 1150. The largest absolute Gasteiger partial charge is 0.506 e. The van der Waals surface area contributed by atoms with Crippen molar-refractivity contribution < 1.29 is 23.7 Å². The van der Waals surface area contributed by atoms with E-state index in [1.807, 2.05) is 0 Å². The fourth-order valence-electron chi connectivity index (χ4n) is 2.95. The van der Waals surface area contributed by atoms with Gasteiger partial charge in [0.05, 0.1) is 27.9 Å². The Morgan fingerprint density at radius 2 is 1.86 bits per heavy atom. The second-order valence-corrected chi connectivity index (χ2v) is 5.73. The van der Waals surface area contributed by atoms with E-state index in [-0.39, 0.29) is 34.6 Å². The Hall–Kier alpha value is -3.84. The molecule has 0 spiro atoms. The van der Waals surface area contributed by atoms with Gasteiger partial charge in [-0.2, -0.15) is 0 Å². The van der Waals surface area contributed by atoms with Crippen LogP contribution in [0.2, 0.25) is 0 Å². The van der Waals surface area contributed by atoms with Crippen LogP contribution in [0.5, 0.6) is 23.0 Å². The van der Waals surface area contributed by atoms with E-state index >= 15 is 0 Å². The van der Waals surface area contributed by atoms with Gasteiger partial charge in [-0.1, -0.05) is 11.2 Å². The Kier molecular flexibility index (Phi) is 5.28. The minimum absolute atomic E-state index is 0.0420. The number of hydrogen-bond acceptors (Lipinski definition) is 7. The van der Waals surface area contributed by atoms with Crippen LogP contribution in [-0.4, -0.2) is 26.4 Å². The summed E-state index contributed by atoms with van der Waals surface area (Å²) in [5.74, 6) is 0.895. The van der Waals surface area contributed by atoms with Crippen molar-refractivity contribution in [3.05, 3.63) is 56.8 Å². The lowest BCUT2D eigenvalue weighted by Crippen LogP contribution is -2.06. The number of aromatic hydroxyl groups is 1. The van der Waals surface area contributed by atoms with E-state index in [0.29, 0.717) is 22.6 Å². The van der Waals surface area contributed by atoms with E-state index in [2.05, 4.69) is 10.0 Å². The van der Waals surface area contributed by atoms with Gasteiger partial charge >= 0.3 is 5.63 Å². The number of rotatable bonds is 6. The van der Waals surface area contributed by atoms with E-state index in [1.165, 1.54) is 27.4 Å². The number of azide groups is 1. The molecule has 9 heteroatoms. The lowest BCUT2D eigenvalue weighted by molar-refractivity contribution is 0.393. The number of nitrogens with zero attached hydrogens (tertiary/aromatic N) is 3. The summed E-state index contributed by atoms with van der Waals surface area (Å²) in [5, 5.41) is 14.7. The van der Waals surface area contributed by atoms with Gasteiger partial charge in [-0.05, 0) is 28.8 Å². The van der Waals surface area contributed by atoms with Crippen LogP contribution in [0.15, 0.2) is 44.7 Å². The third-order valence-electron chi connectivity index (χ3n) is 4.26. The molecule has 28 heavy (non-hydrogen) atoms. The third kappa shape index (κ3) is 3.26. The van der Waals surface area contributed by atoms with Gasteiger partial charge in [-0.25, -0.2) is 4.79 Å². The smallest absolute Gasteiger partial charge is 0.348 e. The quantitative estimate of drug-likeness (QED) is 0.297. The molecule has 0 radical (unpaired) electrons. The molecule has 2 aromatic carbocycles. The van der Waals surface area contributed by atoms with Gasteiger partial charge in [0.15, 0.2) is 0 Å². The van der Waals surface area contributed by atoms with Crippen molar-refractivity contribution in [1.82, 2.24) is 0 Å². The van der Waals surface area contributed by atoms with E-state index < -0.39 is 5.63 Å². The van der Waals surface area contributed by atoms with Crippen LogP contribution in [0.4, 0.5) is 0 Å². The molecule has 1 aromatic heterocycles. The monoisotopic (exact) mass is 383 g/mol. The Balaban J connectivity index is 2.35. The molecule has 0 fully saturated rings. The van der Waals surface area contributed by atoms with Crippen molar-refractivity contribution in [2.24, 2.45) is 5.11 Å². The fraction of sp³-hybridized carbons (Fsp3) is 0.211. The van der Waals surface area contributed by atoms with E-state index in [4.69, 9.17) is 24.2 Å². The normalized spacial score (nSPS) is 10.4. The third-order valence-corrected chi connectivity index (χ3v) is 4.26. The minimum atomic E-state index is -0.757. The first-order valence-corrected chi connectivity index (χ1v) is 8.14. The number of fused-ring (bicyclic) bond motifs is 1. The van der Waals surface area contributed by atoms with Gasteiger partial charge in [-0.3, -0.25) is 0 Å². The first kappa shape index (κ1) is 18.9.